The van der Waals surface area contributed by atoms with Gasteiger partial charge in [-0.2, -0.15) is 5.10 Å². The van der Waals surface area contributed by atoms with Gasteiger partial charge >= 0.3 is 11.9 Å². The minimum absolute atomic E-state index is 0.0109. The van der Waals surface area contributed by atoms with Crippen LogP contribution in [0.4, 0.5) is 5.69 Å². The number of hydrogen-bond acceptors (Lipinski definition) is 7. The van der Waals surface area contributed by atoms with Crippen LogP contribution in [-0.4, -0.2) is 33.8 Å². The van der Waals surface area contributed by atoms with E-state index in [0.717, 1.165) is 0 Å². The number of nitrogens with two attached hydrogens (primary N) is 1. The van der Waals surface area contributed by atoms with Gasteiger partial charge in [0.2, 0.25) is 0 Å². The summed E-state index contributed by atoms with van der Waals surface area (Å²) in [5.41, 5.74) is 6.82. The van der Waals surface area contributed by atoms with Gasteiger partial charge in [-0.1, -0.05) is 0 Å². The minimum Gasteiger partial charge on any atom is -0.465 e. The molecule has 0 aliphatic rings. The molecule has 2 N–H and O–H groups in total. The fourth-order valence-corrected chi connectivity index (χ4v) is 1.55. The molecule has 2 aromatic heterocycles. The molecular weight excluding hydrogens is 276 g/mol. The Morgan fingerprint density at radius 1 is 1.33 bits per heavy atom. The van der Waals surface area contributed by atoms with Gasteiger partial charge < -0.3 is 15.2 Å². The third-order valence-corrected chi connectivity index (χ3v) is 2.57. The molecule has 8 heteroatoms. The number of esters is 2. The predicted molar refractivity (Wildman–Crippen MR) is 72.0 cm³/mol. The molecule has 2 rings (SSSR count). The Morgan fingerprint density at radius 2 is 2.14 bits per heavy atom. The van der Waals surface area contributed by atoms with Crippen molar-refractivity contribution in [1.29, 1.82) is 0 Å². The zero-order chi connectivity index (χ0) is 15.2. The van der Waals surface area contributed by atoms with E-state index in [0.29, 0.717) is 16.9 Å². The minimum atomic E-state index is -0.470. The lowest BCUT2D eigenvalue weighted by molar-refractivity contribution is -0.146. The molecule has 0 amide bonds. The molecule has 0 radical (unpaired) electrons. The van der Waals surface area contributed by atoms with E-state index in [2.05, 4.69) is 14.8 Å². The van der Waals surface area contributed by atoms with Gasteiger partial charge in [-0.25, -0.2) is 4.79 Å². The lowest BCUT2D eigenvalue weighted by Crippen LogP contribution is -2.14. The highest BCUT2D eigenvalue weighted by Crippen LogP contribution is 2.04. The number of anilines is 1. The first kappa shape index (κ1) is 14.5. The largest absolute Gasteiger partial charge is 0.465 e. The van der Waals surface area contributed by atoms with Crippen molar-refractivity contribution in [2.75, 3.05) is 12.8 Å². The Hall–Kier alpha value is -2.90. The first-order valence-corrected chi connectivity index (χ1v) is 6.05. The molecule has 21 heavy (non-hydrogen) atoms. The monoisotopic (exact) mass is 290 g/mol. The molecule has 0 saturated heterocycles. The average Bonchev–Trinajstić information content (AvgIpc) is 2.90. The summed E-state index contributed by atoms with van der Waals surface area (Å²) in [6, 6.07) is 3.14. The van der Waals surface area contributed by atoms with Gasteiger partial charge in [0.1, 0.15) is 13.2 Å². The number of carbonyl (C=O) groups excluding carboxylic acids is 2. The van der Waals surface area contributed by atoms with E-state index in [9.17, 15) is 9.59 Å². The third kappa shape index (κ3) is 4.03. The molecule has 0 aliphatic heterocycles. The number of nitrogens with zero attached hydrogens (tertiary/aromatic N) is 3. The first-order valence-electron chi connectivity index (χ1n) is 6.05. The molecule has 0 aliphatic carbocycles. The molecule has 0 spiro atoms. The van der Waals surface area contributed by atoms with Crippen molar-refractivity contribution in [3.63, 3.8) is 0 Å². The van der Waals surface area contributed by atoms with Crippen molar-refractivity contribution in [2.45, 2.75) is 13.2 Å². The predicted octanol–water partition coefficient (Wildman–Crippen LogP) is 0.390. The highest BCUT2D eigenvalue weighted by atomic mass is 16.5. The third-order valence-electron chi connectivity index (χ3n) is 2.57. The smallest absolute Gasteiger partial charge is 0.339 e. The number of carbonyl (C=O) groups is 2. The Balaban J connectivity index is 1.85. The van der Waals surface area contributed by atoms with Crippen LogP contribution in [0, 0.1) is 0 Å². The van der Waals surface area contributed by atoms with E-state index in [-0.39, 0.29) is 13.2 Å². The highest BCUT2D eigenvalue weighted by molar-refractivity contribution is 5.88. The zero-order valence-electron chi connectivity index (χ0n) is 11.4. The van der Waals surface area contributed by atoms with E-state index in [1.807, 2.05) is 0 Å². The number of hydrogen-bond donors (Lipinski definition) is 1. The molecule has 0 fully saturated rings. The van der Waals surface area contributed by atoms with Gasteiger partial charge in [0.05, 0.1) is 30.3 Å². The number of pyridine rings is 1. The summed E-state index contributed by atoms with van der Waals surface area (Å²) in [7, 11) is 1.29. The average molecular weight is 290 g/mol. The van der Waals surface area contributed by atoms with Crippen LogP contribution in [0.3, 0.4) is 0 Å². The fourth-order valence-electron chi connectivity index (χ4n) is 1.55. The quantitative estimate of drug-likeness (QED) is 0.793. The van der Waals surface area contributed by atoms with Gasteiger partial charge in [0, 0.05) is 12.4 Å². The fraction of sp³-hybridized carbons (Fsp3) is 0.231. The van der Waals surface area contributed by atoms with Gasteiger partial charge in [0.25, 0.3) is 0 Å². The van der Waals surface area contributed by atoms with Crippen molar-refractivity contribution in [2.24, 2.45) is 0 Å². The van der Waals surface area contributed by atoms with Crippen molar-refractivity contribution >= 4 is 17.6 Å². The Bertz CT molecular complexity index is 636. The number of rotatable bonds is 5. The summed E-state index contributed by atoms with van der Waals surface area (Å²) in [6.45, 7) is -0.0194. The summed E-state index contributed by atoms with van der Waals surface area (Å²) < 4.78 is 11.0. The Kier molecular flexibility index (Phi) is 4.50. The van der Waals surface area contributed by atoms with E-state index in [1.165, 1.54) is 30.4 Å². The van der Waals surface area contributed by atoms with Crippen LogP contribution in [0.2, 0.25) is 0 Å². The van der Waals surface area contributed by atoms with E-state index in [1.54, 1.807) is 12.1 Å². The molecule has 2 heterocycles. The molecule has 0 bridgehead atoms. The second-order valence-corrected chi connectivity index (χ2v) is 4.16. The van der Waals surface area contributed by atoms with E-state index in [4.69, 9.17) is 10.5 Å². The van der Waals surface area contributed by atoms with Crippen molar-refractivity contribution in [3.05, 3.63) is 42.0 Å². The Morgan fingerprint density at radius 3 is 2.71 bits per heavy atom. The highest BCUT2D eigenvalue weighted by Gasteiger charge is 2.08. The lowest BCUT2D eigenvalue weighted by Gasteiger charge is -2.05. The van der Waals surface area contributed by atoms with Crippen LogP contribution >= 0.6 is 0 Å². The maximum Gasteiger partial charge on any atom is 0.339 e. The van der Waals surface area contributed by atoms with Crippen LogP contribution in [0.25, 0.3) is 0 Å². The summed E-state index contributed by atoms with van der Waals surface area (Å²) in [5, 5.41) is 3.87. The van der Waals surface area contributed by atoms with Crippen LogP contribution in [-0.2, 0) is 27.4 Å². The van der Waals surface area contributed by atoms with Crippen molar-refractivity contribution in [1.82, 2.24) is 14.8 Å². The number of aromatic nitrogens is 3. The second kappa shape index (κ2) is 6.51. The zero-order valence-corrected chi connectivity index (χ0v) is 11.4. The maximum atomic E-state index is 11.6. The number of nitrogen functional groups attached to an aromatic ring is 1. The summed E-state index contributed by atoms with van der Waals surface area (Å²) in [6.07, 6.45) is 4.34. The molecule has 110 valence electrons. The molecule has 8 nitrogen and oxygen atoms in total. The number of ether oxygens (including phenoxy) is 2. The van der Waals surface area contributed by atoms with Gasteiger partial charge in [0.15, 0.2) is 0 Å². The summed E-state index contributed by atoms with van der Waals surface area (Å²) >= 11 is 0. The van der Waals surface area contributed by atoms with Crippen LogP contribution in [0.15, 0.2) is 30.7 Å². The van der Waals surface area contributed by atoms with Crippen LogP contribution in [0.1, 0.15) is 16.1 Å². The summed E-state index contributed by atoms with van der Waals surface area (Å²) in [4.78, 5) is 26.8. The topological polar surface area (TPSA) is 109 Å². The molecule has 0 unspecified atom stereocenters. The van der Waals surface area contributed by atoms with E-state index >= 15 is 0 Å². The molecule has 0 atom stereocenters. The Labute approximate surface area is 120 Å². The standard InChI is InChI=1S/C13H14N4O4/c1-20-13(19)9-2-3-11(15-4-9)8-21-12(18)7-17-6-10(14)5-16-17/h2-6H,7-8,14H2,1H3. The van der Waals surface area contributed by atoms with Gasteiger partial charge in [-0.15, -0.1) is 0 Å². The second-order valence-electron chi connectivity index (χ2n) is 4.16. The molecule has 0 aromatic carbocycles. The van der Waals surface area contributed by atoms with Crippen LogP contribution in [0.5, 0.6) is 0 Å². The van der Waals surface area contributed by atoms with Crippen LogP contribution < -0.4 is 5.73 Å². The maximum absolute atomic E-state index is 11.6. The summed E-state index contributed by atoms with van der Waals surface area (Å²) in [5.74, 6) is -0.931. The molecule has 0 saturated carbocycles. The van der Waals surface area contributed by atoms with Crippen molar-refractivity contribution < 1.29 is 19.1 Å². The molecular formula is C13H14N4O4. The van der Waals surface area contributed by atoms with Gasteiger partial charge in [-0.3, -0.25) is 14.5 Å². The number of methoxy groups -OCH3 is 1. The first-order chi connectivity index (χ1) is 10.1. The normalized spacial score (nSPS) is 10.1. The van der Waals surface area contributed by atoms with E-state index < -0.39 is 11.9 Å². The van der Waals surface area contributed by atoms with Crippen molar-refractivity contribution in [3.8, 4) is 0 Å². The lowest BCUT2D eigenvalue weighted by atomic mass is 10.2. The van der Waals surface area contributed by atoms with Gasteiger partial charge in [-0.05, 0) is 12.1 Å². The SMILES string of the molecule is COC(=O)c1ccc(COC(=O)Cn2cc(N)cn2)nc1. The molecule has 2 aromatic rings.